The third-order valence-corrected chi connectivity index (χ3v) is 4.59. The first kappa shape index (κ1) is 14.9. The van der Waals surface area contributed by atoms with Crippen molar-refractivity contribution in [2.75, 3.05) is 7.05 Å². The van der Waals surface area contributed by atoms with Crippen molar-refractivity contribution in [1.82, 2.24) is 5.32 Å². The maximum atomic E-state index is 6.08. The van der Waals surface area contributed by atoms with Gasteiger partial charge in [-0.25, -0.2) is 0 Å². The van der Waals surface area contributed by atoms with Crippen LogP contribution in [0.4, 0.5) is 0 Å². The van der Waals surface area contributed by atoms with Gasteiger partial charge in [0.15, 0.2) is 0 Å². The lowest BCUT2D eigenvalue weighted by Crippen LogP contribution is -2.19. The smallest absolute Gasteiger partial charge is 0.0595 e. The Bertz CT molecular complexity index is 572. The van der Waals surface area contributed by atoms with E-state index in [0.717, 1.165) is 16.5 Å². The van der Waals surface area contributed by atoms with Crippen LogP contribution in [0.15, 0.2) is 46.9 Å². The minimum atomic E-state index is 0.202. The molecule has 1 atom stereocenters. The molecule has 0 radical (unpaired) electrons. The van der Waals surface area contributed by atoms with E-state index in [4.69, 9.17) is 23.2 Å². The highest BCUT2D eigenvalue weighted by molar-refractivity contribution is 9.10. The van der Waals surface area contributed by atoms with E-state index in [2.05, 4.69) is 33.4 Å². The minimum absolute atomic E-state index is 0.202. The average molecular weight is 359 g/mol. The molecule has 0 heterocycles. The van der Waals surface area contributed by atoms with Crippen LogP contribution in [-0.4, -0.2) is 7.05 Å². The normalized spacial score (nSPS) is 12.4. The van der Waals surface area contributed by atoms with Gasteiger partial charge in [0.2, 0.25) is 0 Å². The molecule has 0 spiro atoms. The Balaban J connectivity index is 2.25. The highest BCUT2D eigenvalue weighted by Gasteiger charge is 2.13. The van der Waals surface area contributed by atoms with E-state index < -0.39 is 0 Å². The standard InChI is InChI=1S/C15H14BrCl2N/c1-19-15(9-10-4-2-3-5-12(10)16)11-6-7-13(17)14(18)8-11/h2-8,15,19H,9H2,1H3. The molecule has 19 heavy (non-hydrogen) atoms. The molecule has 1 nitrogen and oxygen atoms in total. The Morgan fingerprint density at radius 1 is 1.11 bits per heavy atom. The van der Waals surface area contributed by atoms with E-state index in [1.807, 2.05) is 37.4 Å². The molecule has 0 saturated carbocycles. The molecule has 100 valence electrons. The SMILES string of the molecule is CNC(Cc1ccccc1Br)c1ccc(Cl)c(Cl)c1. The molecular formula is C15H14BrCl2N. The van der Waals surface area contributed by atoms with Gasteiger partial charge < -0.3 is 5.32 Å². The van der Waals surface area contributed by atoms with Crippen LogP contribution in [0.3, 0.4) is 0 Å². The fourth-order valence-electron chi connectivity index (χ4n) is 2.00. The van der Waals surface area contributed by atoms with Gasteiger partial charge >= 0.3 is 0 Å². The third-order valence-electron chi connectivity index (χ3n) is 3.08. The summed E-state index contributed by atoms with van der Waals surface area (Å²) in [5.41, 5.74) is 2.39. The van der Waals surface area contributed by atoms with Gasteiger partial charge in [-0.05, 0) is 42.8 Å². The van der Waals surface area contributed by atoms with Crippen molar-refractivity contribution in [1.29, 1.82) is 0 Å². The summed E-state index contributed by atoms with van der Waals surface area (Å²) in [5.74, 6) is 0. The summed E-state index contributed by atoms with van der Waals surface area (Å²) < 4.78 is 1.12. The number of halogens is 3. The molecule has 0 aliphatic heterocycles. The molecule has 2 rings (SSSR count). The van der Waals surface area contributed by atoms with Gasteiger partial charge in [0.1, 0.15) is 0 Å². The van der Waals surface area contributed by atoms with E-state index in [1.54, 1.807) is 0 Å². The van der Waals surface area contributed by atoms with Gasteiger partial charge in [0.25, 0.3) is 0 Å². The fraction of sp³-hybridized carbons (Fsp3) is 0.200. The van der Waals surface area contributed by atoms with E-state index in [-0.39, 0.29) is 6.04 Å². The maximum Gasteiger partial charge on any atom is 0.0595 e. The van der Waals surface area contributed by atoms with Crippen molar-refractivity contribution in [3.63, 3.8) is 0 Å². The molecule has 0 fully saturated rings. The zero-order valence-corrected chi connectivity index (χ0v) is 13.6. The summed E-state index contributed by atoms with van der Waals surface area (Å²) >= 11 is 15.6. The monoisotopic (exact) mass is 357 g/mol. The van der Waals surface area contributed by atoms with Gasteiger partial charge in [-0.15, -0.1) is 0 Å². The number of hydrogen-bond acceptors (Lipinski definition) is 1. The number of nitrogens with one attached hydrogen (secondary N) is 1. The predicted octanol–water partition coefficient (Wildman–Crippen LogP) is 5.26. The molecule has 0 aliphatic rings. The Labute approximate surface area is 132 Å². The number of rotatable bonds is 4. The largest absolute Gasteiger partial charge is 0.313 e. The quantitative estimate of drug-likeness (QED) is 0.786. The molecule has 0 aromatic heterocycles. The average Bonchev–Trinajstić information content (AvgIpc) is 2.41. The Hall–Kier alpha value is -0.540. The summed E-state index contributed by atoms with van der Waals surface area (Å²) in [7, 11) is 1.95. The van der Waals surface area contributed by atoms with Crippen LogP contribution in [0.1, 0.15) is 17.2 Å². The topological polar surface area (TPSA) is 12.0 Å². The first-order valence-corrected chi connectivity index (χ1v) is 7.52. The second-order valence-electron chi connectivity index (χ2n) is 4.31. The molecule has 1 N–H and O–H groups in total. The molecule has 0 amide bonds. The van der Waals surface area contributed by atoms with Crippen LogP contribution in [-0.2, 0) is 6.42 Å². The van der Waals surface area contributed by atoms with Gasteiger partial charge in [0, 0.05) is 10.5 Å². The van der Waals surface area contributed by atoms with Crippen LogP contribution in [0, 0.1) is 0 Å². The molecule has 2 aromatic rings. The lowest BCUT2D eigenvalue weighted by molar-refractivity contribution is 0.591. The Kier molecular flexibility index (Phi) is 5.28. The lowest BCUT2D eigenvalue weighted by atomic mass is 9.99. The van der Waals surface area contributed by atoms with Crippen LogP contribution in [0.25, 0.3) is 0 Å². The number of likely N-dealkylation sites (N-methyl/N-ethyl adjacent to an activating group) is 1. The highest BCUT2D eigenvalue weighted by Crippen LogP contribution is 2.28. The molecule has 0 aliphatic carbocycles. The van der Waals surface area contributed by atoms with Crippen LogP contribution >= 0.6 is 39.1 Å². The van der Waals surface area contributed by atoms with E-state index in [1.165, 1.54) is 5.56 Å². The van der Waals surface area contributed by atoms with Gasteiger partial charge in [-0.3, -0.25) is 0 Å². The summed E-state index contributed by atoms with van der Waals surface area (Å²) in [4.78, 5) is 0. The van der Waals surface area contributed by atoms with Crippen molar-refractivity contribution < 1.29 is 0 Å². The fourth-order valence-corrected chi connectivity index (χ4v) is 2.75. The second-order valence-corrected chi connectivity index (χ2v) is 5.98. The maximum absolute atomic E-state index is 6.08. The van der Waals surface area contributed by atoms with Crippen molar-refractivity contribution >= 4 is 39.1 Å². The first-order valence-electron chi connectivity index (χ1n) is 5.97. The van der Waals surface area contributed by atoms with Gasteiger partial charge in [-0.2, -0.15) is 0 Å². The second kappa shape index (κ2) is 6.76. The highest BCUT2D eigenvalue weighted by atomic mass is 79.9. The van der Waals surface area contributed by atoms with E-state index >= 15 is 0 Å². The van der Waals surface area contributed by atoms with Crippen molar-refractivity contribution in [3.05, 3.63) is 68.1 Å². The molecule has 4 heteroatoms. The molecule has 1 unspecified atom stereocenters. The Morgan fingerprint density at radius 3 is 2.47 bits per heavy atom. The van der Waals surface area contributed by atoms with Crippen LogP contribution < -0.4 is 5.32 Å². The van der Waals surface area contributed by atoms with Crippen LogP contribution in [0.2, 0.25) is 10.0 Å². The van der Waals surface area contributed by atoms with Crippen LogP contribution in [0.5, 0.6) is 0 Å². The lowest BCUT2D eigenvalue weighted by Gasteiger charge is -2.18. The predicted molar refractivity (Wildman–Crippen MR) is 86.1 cm³/mol. The Morgan fingerprint density at radius 2 is 1.84 bits per heavy atom. The summed E-state index contributed by atoms with van der Waals surface area (Å²) in [6, 6.07) is 14.2. The van der Waals surface area contributed by atoms with Crippen molar-refractivity contribution in [3.8, 4) is 0 Å². The summed E-state index contributed by atoms with van der Waals surface area (Å²) in [5, 5.41) is 4.49. The van der Waals surface area contributed by atoms with Gasteiger partial charge in [-0.1, -0.05) is 63.4 Å². The molecule has 0 saturated heterocycles. The zero-order valence-electron chi connectivity index (χ0n) is 10.5. The molecule has 0 bridgehead atoms. The third kappa shape index (κ3) is 3.73. The number of benzene rings is 2. The number of hydrogen-bond donors (Lipinski definition) is 1. The molecule has 2 aromatic carbocycles. The van der Waals surface area contributed by atoms with Crippen molar-refractivity contribution in [2.24, 2.45) is 0 Å². The summed E-state index contributed by atoms with van der Waals surface area (Å²) in [6.45, 7) is 0. The zero-order chi connectivity index (χ0) is 13.8. The van der Waals surface area contributed by atoms with E-state index in [0.29, 0.717) is 10.0 Å². The van der Waals surface area contributed by atoms with E-state index in [9.17, 15) is 0 Å². The summed E-state index contributed by atoms with van der Waals surface area (Å²) in [6.07, 6.45) is 0.885. The van der Waals surface area contributed by atoms with Crippen molar-refractivity contribution in [2.45, 2.75) is 12.5 Å². The minimum Gasteiger partial charge on any atom is -0.313 e. The van der Waals surface area contributed by atoms with Gasteiger partial charge in [0.05, 0.1) is 10.0 Å². The first-order chi connectivity index (χ1) is 9.11. The molecular weight excluding hydrogens is 345 g/mol.